The number of carbonyl (C=O) groups is 1. The van der Waals surface area contributed by atoms with Crippen molar-refractivity contribution in [3.63, 3.8) is 0 Å². The highest BCUT2D eigenvalue weighted by Gasteiger charge is 2.05. The van der Waals surface area contributed by atoms with Gasteiger partial charge in [-0.1, -0.05) is 53.5 Å². The first-order valence-electron chi connectivity index (χ1n) is 6.35. The highest BCUT2D eigenvalue weighted by Crippen LogP contribution is 2.25. The van der Waals surface area contributed by atoms with Crippen molar-refractivity contribution >= 4 is 58.2 Å². The van der Waals surface area contributed by atoms with E-state index in [1.54, 1.807) is 24.3 Å². The summed E-state index contributed by atoms with van der Waals surface area (Å²) >= 11 is 17.0. The van der Waals surface area contributed by atoms with Gasteiger partial charge in [-0.2, -0.15) is 0 Å². The van der Waals surface area contributed by atoms with Crippen LogP contribution in [0, 0.1) is 0 Å². The molecule has 2 aromatic rings. The highest BCUT2D eigenvalue weighted by atomic mass is 35.5. The number of thiocarbonyl (C=S) groups is 1. The fraction of sp³-hybridized carbons (Fsp3) is 0. The molecule has 0 bridgehead atoms. The zero-order valence-electron chi connectivity index (χ0n) is 11.3. The second-order valence-electron chi connectivity index (χ2n) is 4.31. The molecule has 0 unspecified atom stereocenters. The summed E-state index contributed by atoms with van der Waals surface area (Å²) in [6, 6.07) is 14.4. The predicted octanol–water partition coefficient (Wildman–Crippen LogP) is 4.52. The van der Waals surface area contributed by atoms with Crippen molar-refractivity contribution in [1.82, 2.24) is 5.32 Å². The third-order valence-corrected chi connectivity index (χ3v) is 3.41. The molecule has 0 saturated carbocycles. The van der Waals surface area contributed by atoms with Gasteiger partial charge in [0, 0.05) is 11.1 Å². The van der Waals surface area contributed by atoms with E-state index in [2.05, 4.69) is 10.6 Å². The molecule has 0 aliphatic heterocycles. The first kappa shape index (κ1) is 16.5. The molecule has 0 aromatic heterocycles. The van der Waals surface area contributed by atoms with E-state index >= 15 is 0 Å². The van der Waals surface area contributed by atoms with Crippen molar-refractivity contribution in [1.29, 1.82) is 0 Å². The molecule has 2 N–H and O–H groups in total. The van der Waals surface area contributed by atoms with Gasteiger partial charge in [-0.05, 0) is 42.1 Å². The van der Waals surface area contributed by atoms with Crippen LogP contribution in [0.5, 0.6) is 0 Å². The maximum absolute atomic E-state index is 11.8. The minimum absolute atomic E-state index is 0.145. The van der Waals surface area contributed by atoms with Crippen molar-refractivity contribution in [2.75, 3.05) is 5.32 Å². The Kier molecular flexibility index (Phi) is 5.95. The SMILES string of the molecule is O=C(/C=C\c1ccccc1)NC(=S)Nc1cc(Cl)ccc1Cl. The van der Waals surface area contributed by atoms with Crippen LogP contribution in [0.3, 0.4) is 0 Å². The Bertz CT molecular complexity index is 717. The Morgan fingerprint density at radius 3 is 2.55 bits per heavy atom. The van der Waals surface area contributed by atoms with E-state index in [9.17, 15) is 4.79 Å². The molecule has 0 radical (unpaired) electrons. The summed E-state index contributed by atoms with van der Waals surface area (Å²) in [5.41, 5.74) is 1.46. The average Bonchev–Trinajstić information content (AvgIpc) is 2.50. The van der Waals surface area contributed by atoms with Crippen molar-refractivity contribution < 1.29 is 4.79 Å². The minimum Gasteiger partial charge on any atom is -0.331 e. The van der Waals surface area contributed by atoms with Crippen molar-refractivity contribution in [3.05, 3.63) is 70.2 Å². The molecule has 1 amide bonds. The summed E-state index contributed by atoms with van der Waals surface area (Å²) in [6.45, 7) is 0. The van der Waals surface area contributed by atoms with Gasteiger partial charge in [-0.15, -0.1) is 0 Å². The monoisotopic (exact) mass is 350 g/mol. The van der Waals surface area contributed by atoms with Gasteiger partial charge in [0.2, 0.25) is 5.91 Å². The summed E-state index contributed by atoms with van der Waals surface area (Å²) in [5.74, 6) is -0.334. The molecule has 6 heteroatoms. The van der Waals surface area contributed by atoms with Gasteiger partial charge >= 0.3 is 0 Å². The van der Waals surface area contributed by atoms with Crippen LogP contribution in [-0.4, -0.2) is 11.0 Å². The highest BCUT2D eigenvalue weighted by molar-refractivity contribution is 7.80. The van der Waals surface area contributed by atoms with Crippen LogP contribution in [0.1, 0.15) is 5.56 Å². The van der Waals surface area contributed by atoms with E-state index in [-0.39, 0.29) is 11.0 Å². The fourth-order valence-corrected chi connectivity index (χ4v) is 2.18. The number of nitrogens with one attached hydrogen (secondary N) is 2. The van der Waals surface area contributed by atoms with Gasteiger partial charge in [-0.25, -0.2) is 0 Å². The van der Waals surface area contributed by atoms with E-state index in [1.165, 1.54) is 6.08 Å². The Labute approximate surface area is 143 Å². The van der Waals surface area contributed by atoms with E-state index in [4.69, 9.17) is 35.4 Å². The van der Waals surface area contributed by atoms with E-state index in [0.717, 1.165) is 5.56 Å². The molecule has 0 spiro atoms. The standard InChI is InChI=1S/C16H12Cl2N2OS/c17-12-7-8-13(18)14(10-12)19-16(22)20-15(21)9-6-11-4-2-1-3-5-11/h1-10H,(H2,19,20,21,22)/b9-6-. The first-order chi connectivity index (χ1) is 10.5. The lowest BCUT2D eigenvalue weighted by Crippen LogP contribution is -2.32. The molecule has 2 rings (SSSR count). The summed E-state index contributed by atoms with van der Waals surface area (Å²) < 4.78 is 0. The minimum atomic E-state index is -0.334. The number of anilines is 1. The maximum atomic E-state index is 11.8. The topological polar surface area (TPSA) is 41.1 Å². The number of hydrogen-bond donors (Lipinski definition) is 2. The van der Waals surface area contributed by atoms with Crippen molar-refractivity contribution in [2.24, 2.45) is 0 Å². The zero-order valence-corrected chi connectivity index (χ0v) is 13.7. The molecule has 0 heterocycles. The van der Waals surface area contributed by atoms with Gasteiger partial charge in [0.1, 0.15) is 0 Å². The van der Waals surface area contributed by atoms with Gasteiger partial charge in [-0.3, -0.25) is 10.1 Å². The normalized spacial score (nSPS) is 10.5. The van der Waals surface area contributed by atoms with Gasteiger partial charge in [0.15, 0.2) is 5.11 Å². The molecule has 2 aromatic carbocycles. The lowest BCUT2D eigenvalue weighted by atomic mass is 10.2. The third-order valence-electron chi connectivity index (χ3n) is 2.64. The number of carbonyl (C=O) groups excluding carboxylic acids is 1. The average molecular weight is 351 g/mol. The van der Waals surface area contributed by atoms with E-state index in [0.29, 0.717) is 15.7 Å². The zero-order chi connectivity index (χ0) is 15.9. The van der Waals surface area contributed by atoms with Crippen LogP contribution in [0.25, 0.3) is 6.08 Å². The molecule has 0 fully saturated rings. The quantitative estimate of drug-likeness (QED) is 0.631. The maximum Gasteiger partial charge on any atom is 0.250 e. The van der Waals surface area contributed by atoms with E-state index in [1.807, 2.05) is 30.3 Å². The van der Waals surface area contributed by atoms with Crippen LogP contribution < -0.4 is 10.6 Å². The second-order valence-corrected chi connectivity index (χ2v) is 5.56. The third kappa shape index (κ3) is 5.15. The van der Waals surface area contributed by atoms with Crippen LogP contribution in [0.15, 0.2) is 54.6 Å². The molecular weight excluding hydrogens is 339 g/mol. The van der Waals surface area contributed by atoms with Gasteiger partial charge in [0.05, 0.1) is 10.7 Å². The van der Waals surface area contributed by atoms with E-state index < -0.39 is 0 Å². The Hall–Kier alpha value is -1.88. The molecule has 0 aliphatic rings. The molecule has 3 nitrogen and oxygen atoms in total. The smallest absolute Gasteiger partial charge is 0.250 e. The number of rotatable bonds is 3. The molecule has 0 atom stereocenters. The van der Waals surface area contributed by atoms with Crippen molar-refractivity contribution in [3.8, 4) is 0 Å². The molecule has 112 valence electrons. The van der Waals surface area contributed by atoms with Crippen LogP contribution in [0.2, 0.25) is 10.0 Å². The molecule has 0 aliphatic carbocycles. The largest absolute Gasteiger partial charge is 0.331 e. The second kappa shape index (κ2) is 7.94. The number of halogens is 2. The van der Waals surface area contributed by atoms with Crippen LogP contribution in [0.4, 0.5) is 5.69 Å². The Morgan fingerprint density at radius 1 is 1.09 bits per heavy atom. The lowest BCUT2D eigenvalue weighted by Gasteiger charge is -2.10. The Balaban J connectivity index is 1.93. The van der Waals surface area contributed by atoms with Crippen LogP contribution >= 0.6 is 35.4 Å². The number of hydrogen-bond acceptors (Lipinski definition) is 2. The summed E-state index contributed by atoms with van der Waals surface area (Å²) in [6.07, 6.45) is 3.10. The summed E-state index contributed by atoms with van der Waals surface area (Å²) in [4.78, 5) is 11.8. The van der Waals surface area contributed by atoms with Crippen molar-refractivity contribution in [2.45, 2.75) is 0 Å². The molecule has 0 saturated heterocycles. The number of amides is 1. The first-order valence-corrected chi connectivity index (χ1v) is 7.51. The fourth-order valence-electron chi connectivity index (χ4n) is 1.64. The van der Waals surface area contributed by atoms with Crippen LogP contribution in [-0.2, 0) is 4.79 Å². The Morgan fingerprint density at radius 2 is 1.82 bits per heavy atom. The molecular formula is C16H12Cl2N2OS. The van der Waals surface area contributed by atoms with Gasteiger partial charge in [0.25, 0.3) is 0 Å². The lowest BCUT2D eigenvalue weighted by molar-refractivity contribution is -0.115. The predicted molar refractivity (Wildman–Crippen MR) is 96.3 cm³/mol. The summed E-state index contributed by atoms with van der Waals surface area (Å²) in [5, 5.41) is 6.49. The summed E-state index contributed by atoms with van der Waals surface area (Å²) in [7, 11) is 0. The number of benzene rings is 2. The molecule has 22 heavy (non-hydrogen) atoms. The van der Waals surface area contributed by atoms with Gasteiger partial charge < -0.3 is 5.32 Å².